The van der Waals surface area contributed by atoms with Crippen molar-refractivity contribution in [3.05, 3.63) is 35.4 Å². The molecule has 104 valence electrons. The van der Waals surface area contributed by atoms with Crippen LogP contribution in [0, 0.1) is 6.92 Å². The minimum absolute atomic E-state index is 0.168. The third-order valence-corrected chi connectivity index (χ3v) is 3.86. The summed E-state index contributed by atoms with van der Waals surface area (Å²) in [6.07, 6.45) is 4.99. The molecule has 1 atom stereocenters. The summed E-state index contributed by atoms with van der Waals surface area (Å²) in [5.41, 5.74) is 2.54. The van der Waals surface area contributed by atoms with Crippen LogP contribution in [0.3, 0.4) is 0 Å². The number of carbonyl (C=O) groups excluding carboxylic acids is 1. The van der Waals surface area contributed by atoms with Gasteiger partial charge in [0.05, 0.1) is 0 Å². The average Bonchev–Trinajstić information content (AvgIpc) is 2.91. The van der Waals surface area contributed by atoms with Gasteiger partial charge in [-0.2, -0.15) is 0 Å². The van der Waals surface area contributed by atoms with Crippen molar-refractivity contribution in [3.63, 3.8) is 0 Å². The lowest BCUT2D eigenvalue weighted by atomic mass is 10.0. The van der Waals surface area contributed by atoms with E-state index >= 15 is 0 Å². The maximum absolute atomic E-state index is 11.8. The quantitative estimate of drug-likeness (QED) is 0.823. The number of amides is 1. The topological polar surface area (TPSA) is 41.1 Å². The maximum Gasteiger partial charge on any atom is 0.220 e. The van der Waals surface area contributed by atoms with Gasteiger partial charge < -0.3 is 10.6 Å². The predicted octanol–water partition coefficient (Wildman–Crippen LogP) is 2.19. The number of nitrogens with one attached hydrogen (secondary N) is 2. The lowest BCUT2D eigenvalue weighted by Crippen LogP contribution is -2.30. The number of hydrogen-bond donors (Lipinski definition) is 2. The smallest absolute Gasteiger partial charge is 0.220 e. The molecule has 2 rings (SSSR count). The standard InChI is InChI=1S/C16H24N2O/c1-13-5-2-3-6-14(13)8-9-16(19)18-12-10-15-7-4-11-17-15/h2-3,5-6,15,17H,4,7-12H2,1H3,(H,18,19)/t15-/m1/s1. The zero-order chi connectivity index (χ0) is 13.5. The Kier molecular flexibility index (Phi) is 5.40. The van der Waals surface area contributed by atoms with Crippen molar-refractivity contribution in [2.75, 3.05) is 13.1 Å². The van der Waals surface area contributed by atoms with Gasteiger partial charge in [-0.1, -0.05) is 24.3 Å². The van der Waals surface area contributed by atoms with Crippen molar-refractivity contribution in [2.45, 2.75) is 45.1 Å². The molecule has 0 unspecified atom stereocenters. The van der Waals surface area contributed by atoms with Gasteiger partial charge in [-0.25, -0.2) is 0 Å². The third kappa shape index (κ3) is 4.67. The van der Waals surface area contributed by atoms with E-state index < -0.39 is 0 Å². The number of aryl methyl sites for hydroxylation is 2. The number of carbonyl (C=O) groups is 1. The summed E-state index contributed by atoms with van der Waals surface area (Å²) in [5, 5.41) is 6.46. The van der Waals surface area contributed by atoms with Crippen LogP contribution in [0.15, 0.2) is 24.3 Å². The van der Waals surface area contributed by atoms with Crippen molar-refractivity contribution >= 4 is 5.91 Å². The van der Waals surface area contributed by atoms with Crippen LogP contribution >= 0.6 is 0 Å². The minimum Gasteiger partial charge on any atom is -0.356 e. The number of rotatable bonds is 6. The highest BCUT2D eigenvalue weighted by Crippen LogP contribution is 2.10. The lowest BCUT2D eigenvalue weighted by molar-refractivity contribution is -0.121. The Morgan fingerprint density at radius 3 is 3.00 bits per heavy atom. The molecule has 19 heavy (non-hydrogen) atoms. The Labute approximate surface area is 115 Å². The first kappa shape index (κ1) is 14.1. The molecule has 1 saturated heterocycles. The van der Waals surface area contributed by atoms with Crippen molar-refractivity contribution in [1.82, 2.24) is 10.6 Å². The van der Waals surface area contributed by atoms with E-state index in [1.54, 1.807) is 0 Å². The Hall–Kier alpha value is -1.35. The molecule has 1 aromatic rings. The SMILES string of the molecule is Cc1ccccc1CCC(=O)NCC[C@H]1CCCN1. The summed E-state index contributed by atoms with van der Waals surface area (Å²) in [6, 6.07) is 8.88. The molecule has 0 saturated carbocycles. The molecule has 0 aliphatic carbocycles. The van der Waals surface area contributed by atoms with Crippen LogP contribution in [0.1, 0.15) is 36.8 Å². The molecule has 1 aromatic carbocycles. The molecule has 1 aliphatic rings. The highest BCUT2D eigenvalue weighted by molar-refractivity contribution is 5.76. The van der Waals surface area contributed by atoms with E-state index in [1.165, 1.54) is 24.0 Å². The minimum atomic E-state index is 0.168. The molecule has 0 spiro atoms. The van der Waals surface area contributed by atoms with Crippen LogP contribution in [0.4, 0.5) is 0 Å². The first-order chi connectivity index (χ1) is 9.25. The van der Waals surface area contributed by atoms with Crippen molar-refractivity contribution < 1.29 is 4.79 Å². The van der Waals surface area contributed by atoms with Gasteiger partial charge in [0.25, 0.3) is 0 Å². The molecule has 2 N–H and O–H groups in total. The zero-order valence-electron chi connectivity index (χ0n) is 11.7. The molecule has 3 heteroatoms. The summed E-state index contributed by atoms with van der Waals surface area (Å²) < 4.78 is 0. The van der Waals surface area contributed by atoms with Crippen LogP contribution in [0.25, 0.3) is 0 Å². The van der Waals surface area contributed by atoms with E-state index in [4.69, 9.17) is 0 Å². The third-order valence-electron chi connectivity index (χ3n) is 3.86. The van der Waals surface area contributed by atoms with Gasteiger partial charge in [-0.05, 0) is 50.3 Å². The summed E-state index contributed by atoms with van der Waals surface area (Å²) in [5.74, 6) is 0.168. The monoisotopic (exact) mass is 260 g/mol. The summed E-state index contributed by atoms with van der Waals surface area (Å²) in [6.45, 7) is 4.02. The fraction of sp³-hybridized carbons (Fsp3) is 0.562. The largest absolute Gasteiger partial charge is 0.356 e. The van der Waals surface area contributed by atoms with E-state index in [1.807, 2.05) is 12.1 Å². The average molecular weight is 260 g/mol. The van der Waals surface area contributed by atoms with Crippen LogP contribution in [0.2, 0.25) is 0 Å². The molecular formula is C16H24N2O. The second-order valence-corrected chi connectivity index (χ2v) is 5.36. The molecule has 0 radical (unpaired) electrons. The number of benzene rings is 1. The van der Waals surface area contributed by atoms with Gasteiger partial charge in [-0.3, -0.25) is 4.79 Å². The van der Waals surface area contributed by atoms with Crippen LogP contribution in [0.5, 0.6) is 0 Å². The van der Waals surface area contributed by atoms with E-state index in [-0.39, 0.29) is 5.91 Å². The molecular weight excluding hydrogens is 236 g/mol. The Morgan fingerprint density at radius 1 is 1.42 bits per heavy atom. The lowest BCUT2D eigenvalue weighted by Gasteiger charge is -2.11. The maximum atomic E-state index is 11.8. The van der Waals surface area contributed by atoms with Gasteiger partial charge in [0.1, 0.15) is 0 Å². The van der Waals surface area contributed by atoms with E-state index in [9.17, 15) is 4.79 Å². The van der Waals surface area contributed by atoms with Gasteiger partial charge in [0.15, 0.2) is 0 Å². The Balaban J connectivity index is 1.63. The predicted molar refractivity (Wildman–Crippen MR) is 78.2 cm³/mol. The second-order valence-electron chi connectivity index (χ2n) is 5.36. The van der Waals surface area contributed by atoms with E-state index in [0.717, 1.165) is 25.9 Å². The first-order valence-electron chi connectivity index (χ1n) is 7.30. The van der Waals surface area contributed by atoms with E-state index in [2.05, 4.69) is 29.7 Å². The van der Waals surface area contributed by atoms with Crippen molar-refractivity contribution in [3.8, 4) is 0 Å². The molecule has 1 amide bonds. The molecule has 0 bridgehead atoms. The summed E-state index contributed by atoms with van der Waals surface area (Å²) in [7, 11) is 0. The van der Waals surface area contributed by atoms with Crippen molar-refractivity contribution in [1.29, 1.82) is 0 Å². The molecule has 0 aromatic heterocycles. The van der Waals surface area contributed by atoms with E-state index in [0.29, 0.717) is 12.5 Å². The van der Waals surface area contributed by atoms with Gasteiger partial charge in [-0.15, -0.1) is 0 Å². The first-order valence-corrected chi connectivity index (χ1v) is 7.30. The highest BCUT2D eigenvalue weighted by atomic mass is 16.1. The molecule has 1 fully saturated rings. The second kappa shape index (κ2) is 7.29. The van der Waals surface area contributed by atoms with Gasteiger partial charge >= 0.3 is 0 Å². The van der Waals surface area contributed by atoms with Gasteiger partial charge in [0.2, 0.25) is 5.91 Å². The van der Waals surface area contributed by atoms with Crippen LogP contribution in [-0.4, -0.2) is 25.0 Å². The number of hydrogen-bond acceptors (Lipinski definition) is 2. The Morgan fingerprint density at radius 2 is 2.26 bits per heavy atom. The summed E-state index contributed by atoms with van der Waals surface area (Å²) in [4.78, 5) is 11.8. The highest BCUT2D eigenvalue weighted by Gasteiger charge is 2.13. The molecule has 1 heterocycles. The summed E-state index contributed by atoms with van der Waals surface area (Å²) >= 11 is 0. The van der Waals surface area contributed by atoms with Crippen molar-refractivity contribution in [2.24, 2.45) is 0 Å². The zero-order valence-corrected chi connectivity index (χ0v) is 11.7. The fourth-order valence-corrected chi connectivity index (χ4v) is 2.62. The molecule has 1 aliphatic heterocycles. The normalized spacial score (nSPS) is 18.5. The van der Waals surface area contributed by atoms with Crippen LogP contribution in [-0.2, 0) is 11.2 Å². The Bertz CT molecular complexity index is 411. The molecule has 3 nitrogen and oxygen atoms in total. The van der Waals surface area contributed by atoms with Crippen LogP contribution < -0.4 is 10.6 Å². The van der Waals surface area contributed by atoms with Gasteiger partial charge in [0, 0.05) is 19.0 Å². The fourth-order valence-electron chi connectivity index (χ4n) is 2.62.